The van der Waals surface area contributed by atoms with E-state index in [1.807, 2.05) is 42.5 Å². The van der Waals surface area contributed by atoms with Gasteiger partial charge in [-0.25, -0.2) is 0 Å². The van der Waals surface area contributed by atoms with E-state index in [9.17, 15) is 4.79 Å². The maximum Gasteiger partial charge on any atom is 0.346 e. The first-order valence-corrected chi connectivity index (χ1v) is 11.6. The third kappa shape index (κ3) is 3.78. The zero-order chi connectivity index (χ0) is 20.1. The summed E-state index contributed by atoms with van der Waals surface area (Å²) in [5.41, 5.74) is 0.684. The number of hydrogen-bond donors (Lipinski definition) is 0. The van der Waals surface area contributed by atoms with Crippen LogP contribution in [0.3, 0.4) is 0 Å². The predicted octanol–water partition coefficient (Wildman–Crippen LogP) is 3.94. The Bertz CT molecular complexity index is 979. The van der Waals surface area contributed by atoms with Crippen LogP contribution in [-0.2, 0) is 0 Å². The lowest BCUT2D eigenvalue weighted by atomic mass is 10.1. The standard InChI is InChI=1S/C26H22O2Si/c1-21(27)22-17-19-23(20-18-22)28-29(24-11-5-2-6-12-24,25-13-7-3-8-14-25)26-15-9-4-10-16-26/h2-20H,1H3. The highest BCUT2D eigenvalue weighted by Gasteiger charge is 2.43. The highest BCUT2D eigenvalue weighted by atomic mass is 28.4. The van der Waals surface area contributed by atoms with E-state index in [0.717, 1.165) is 5.75 Å². The van der Waals surface area contributed by atoms with Crippen molar-refractivity contribution in [3.8, 4) is 5.75 Å². The minimum atomic E-state index is -2.79. The molecule has 0 saturated heterocycles. The number of carbonyl (C=O) groups excluding carboxylic acids is 1. The number of hydrogen-bond acceptors (Lipinski definition) is 2. The van der Waals surface area contributed by atoms with Gasteiger partial charge in [-0.2, -0.15) is 0 Å². The molecule has 0 aliphatic heterocycles. The Hall–Kier alpha value is -3.43. The molecule has 3 heteroatoms. The Morgan fingerprint density at radius 1 is 0.586 bits per heavy atom. The molecule has 0 radical (unpaired) electrons. The monoisotopic (exact) mass is 394 g/mol. The van der Waals surface area contributed by atoms with Gasteiger partial charge in [-0.3, -0.25) is 4.79 Å². The van der Waals surface area contributed by atoms with Gasteiger partial charge in [0.15, 0.2) is 5.78 Å². The number of Topliss-reactive ketones (excluding diaryl/α,β-unsaturated/α-hetero) is 1. The zero-order valence-corrected chi connectivity index (χ0v) is 17.3. The Morgan fingerprint density at radius 2 is 0.966 bits per heavy atom. The van der Waals surface area contributed by atoms with Crippen LogP contribution in [0.15, 0.2) is 115 Å². The summed E-state index contributed by atoms with van der Waals surface area (Å²) in [6.07, 6.45) is 0. The van der Waals surface area contributed by atoms with Crippen LogP contribution in [0, 0.1) is 0 Å². The van der Waals surface area contributed by atoms with Crippen LogP contribution in [-0.4, -0.2) is 14.1 Å². The van der Waals surface area contributed by atoms with Crippen LogP contribution >= 0.6 is 0 Å². The molecule has 0 spiro atoms. The first-order chi connectivity index (χ1) is 14.2. The number of ketones is 1. The van der Waals surface area contributed by atoms with Crippen molar-refractivity contribution >= 4 is 29.7 Å². The second kappa shape index (κ2) is 8.29. The fourth-order valence-corrected chi connectivity index (χ4v) is 7.46. The summed E-state index contributed by atoms with van der Waals surface area (Å²) in [5, 5.41) is 3.52. The number of rotatable bonds is 6. The average molecular weight is 395 g/mol. The van der Waals surface area contributed by atoms with Gasteiger partial charge in [0.1, 0.15) is 5.75 Å². The molecule has 0 saturated carbocycles. The second-order valence-corrected chi connectivity index (χ2v) is 10.3. The van der Waals surface area contributed by atoms with Crippen molar-refractivity contribution in [1.29, 1.82) is 0 Å². The van der Waals surface area contributed by atoms with E-state index in [4.69, 9.17) is 4.43 Å². The molecule has 0 atom stereocenters. The largest absolute Gasteiger partial charge is 0.530 e. The maximum atomic E-state index is 11.7. The SMILES string of the molecule is CC(=O)c1ccc(O[Si](c2ccccc2)(c2ccccc2)c2ccccc2)cc1. The van der Waals surface area contributed by atoms with Crippen molar-refractivity contribution in [3.63, 3.8) is 0 Å². The van der Waals surface area contributed by atoms with E-state index in [-0.39, 0.29) is 5.78 Å². The van der Waals surface area contributed by atoms with E-state index in [1.165, 1.54) is 15.6 Å². The Kier molecular flexibility index (Phi) is 5.41. The summed E-state index contributed by atoms with van der Waals surface area (Å²) in [6.45, 7) is 1.58. The minimum Gasteiger partial charge on any atom is -0.530 e. The molecular formula is C26H22O2Si. The maximum absolute atomic E-state index is 11.7. The highest BCUT2D eigenvalue weighted by molar-refractivity contribution is 7.07. The van der Waals surface area contributed by atoms with Crippen LogP contribution in [0.5, 0.6) is 5.75 Å². The van der Waals surface area contributed by atoms with E-state index in [1.54, 1.807) is 6.92 Å². The molecule has 4 aromatic carbocycles. The second-order valence-electron chi connectivity index (χ2n) is 6.96. The molecule has 0 amide bonds. The van der Waals surface area contributed by atoms with Crippen molar-refractivity contribution in [2.45, 2.75) is 6.92 Å². The quantitative estimate of drug-likeness (QED) is 0.281. The molecule has 2 nitrogen and oxygen atoms in total. The molecule has 0 N–H and O–H groups in total. The molecule has 0 heterocycles. The molecular weight excluding hydrogens is 372 g/mol. The van der Waals surface area contributed by atoms with Gasteiger partial charge >= 0.3 is 8.32 Å². The zero-order valence-electron chi connectivity index (χ0n) is 16.3. The molecule has 142 valence electrons. The molecule has 4 aromatic rings. The summed E-state index contributed by atoms with van der Waals surface area (Å²) in [4.78, 5) is 11.7. The summed E-state index contributed by atoms with van der Waals surface area (Å²) in [7, 11) is -2.79. The van der Waals surface area contributed by atoms with Gasteiger partial charge in [-0.05, 0) is 46.7 Å². The number of benzene rings is 4. The lowest BCUT2D eigenvalue weighted by Gasteiger charge is -2.33. The molecule has 0 bridgehead atoms. The molecule has 0 unspecified atom stereocenters. The van der Waals surface area contributed by atoms with Crippen molar-refractivity contribution in [3.05, 3.63) is 121 Å². The van der Waals surface area contributed by atoms with Crippen molar-refractivity contribution in [1.82, 2.24) is 0 Å². The third-order valence-corrected chi connectivity index (χ3v) is 9.05. The first kappa shape index (κ1) is 18.9. The molecule has 0 aliphatic rings. The molecule has 0 aromatic heterocycles. The predicted molar refractivity (Wildman–Crippen MR) is 121 cm³/mol. The van der Waals surface area contributed by atoms with Gasteiger partial charge in [-0.1, -0.05) is 91.0 Å². The Labute approximate surface area is 172 Å². The van der Waals surface area contributed by atoms with Gasteiger partial charge in [0, 0.05) is 5.56 Å². The lowest BCUT2D eigenvalue weighted by Crippen LogP contribution is -2.71. The highest BCUT2D eigenvalue weighted by Crippen LogP contribution is 2.18. The molecule has 29 heavy (non-hydrogen) atoms. The van der Waals surface area contributed by atoms with Crippen molar-refractivity contribution in [2.24, 2.45) is 0 Å². The van der Waals surface area contributed by atoms with Gasteiger partial charge in [0.2, 0.25) is 0 Å². The average Bonchev–Trinajstić information content (AvgIpc) is 2.79. The Balaban J connectivity index is 1.93. The van der Waals surface area contributed by atoms with E-state index < -0.39 is 8.32 Å². The fourth-order valence-electron chi connectivity index (χ4n) is 3.63. The summed E-state index contributed by atoms with van der Waals surface area (Å²) in [5.74, 6) is 0.812. The van der Waals surface area contributed by atoms with E-state index in [0.29, 0.717) is 5.56 Å². The van der Waals surface area contributed by atoms with Gasteiger partial charge in [0.25, 0.3) is 0 Å². The summed E-state index contributed by atoms with van der Waals surface area (Å²) >= 11 is 0. The molecule has 0 aliphatic carbocycles. The van der Waals surface area contributed by atoms with E-state index in [2.05, 4.69) is 72.8 Å². The van der Waals surface area contributed by atoms with E-state index >= 15 is 0 Å². The fraction of sp³-hybridized carbons (Fsp3) is 0.0385. The van der Waals surface area contributed by atoms with Crippen LogP contribution < -0.4 is 20.0 Å². The van der Waals surface area contributed by atoms with Gasteiger partial charge in [0.05, 0.1) is 0 Å². The van der Waals surface area contributed by atoms with Crippen molar-refractivity contribution in [2.75, 3.05) is 0 Å². The lowest BCUT2D eigenvalue weighted by molar-refractivity contribution is 0.101. The van der Waals surface area contributed by atoms with Crippen LogP contribution in [0.25, 0.3) is 0 Å². The van der Waals surface area contributed by atoms with Crippen molar-refractivity contribution < 1.29 is 9.22 Å². The summed E-state index contributed by atoms with van der Waals surface area (Å²) < 4.78 is 6.92. The molecule has 0 fully saturated rings. The smallest absolute Gasteiger partial charge is 0.346 e. The van der Waals surface area contributed by atoms with Crippen LogP contribution in [0.2, 0.25) is 0 Å². The van der Waals surface area contributed by atoms with Gasteiger partial charge < -0.3 is 4.43 Å². The minimum absolute atomic E-state index is 0.0502. The van der Waals surface area contributed by atoms with Crippen LogP contribution in [0.4, 0.5) is 0 Å². The number of carbonyl (C=O) groups is 1. The first-order valence-electron chi connectivity index (χ1n) is 9.67. The topological polar surface area (TPSA) is 26.3 Å². The molecule has 4 rings (SSSR count). The third-order valence-electron chi connectivity index (χ3n) is 5.07. The normalized spacial score (nSPS) is 11.1. The van der Waals surface area contributed by atoms with Crippen LogP contribution in [0.1, 0.15) is 17.3 Å². The summed E-state index contributed by atoms with van der Waals surface area (Å²) in [6, 6.07) is 38.8. The van der Waals surface area contributed by atoms with Gasteiger partial charge in [-0.15, -0.1) is 0 Å². The Morgan fingerprint density at radius 3 is 1.31 bits per heavy atom.